The van der Waals surface area contributed by atoms with Crippen LogP contribution < -0.4 is 10.2 Å². The van der Waals surface area contributed by atoms with E-state index in [4.69, 9.17) is 4.74 Å². The largest absolute Gasteiger partial charge is 0.368 e. The quantitative estimate of drug-likeness (QED) is 0.835. The topological polar surface area (TPSA) is 41.6 Å². The molecule has 3 rings (SSSR count). The van der Waals surface area contributed by atoms with Gasteiger partial charge in [0.1, 0.15) is 6.10 Å². The van der Waals surface area contributed by atoms with Gasteiger partial charge in [0.05, 0.1) is 0 Å². The van der Waals surface area contributed by atoms with Crippen LogP contribution in [0.4, 0.5) is 5.69 Å². The van der Waals surface area contributed by atoms with Gasteiger partial charge < -0.3 is 15.0 Å². The van der Waals surface area contributed by atoms with E-state index in [0.717, 1.165) is 25.1 Å². The molecule has 0 radical (unpaired) electrons. The highest BCUT2D eigenvalue weighted by Gasteiger charge is 2.31. The third-order valence-electron chi connectivity index (χ3n) is 3.85. The monoisotopic (exact) mass is 260 g/mol. The summed E-state index contributed by atoms with van der Waals surface area (Å²) in [4.78, 5) is 14.5. The Labute approximate surface area is 113 Å². The number of benzene rings is 1. The number of carbonyl (C=O) groups is 1. The Balaban J connectivity index is 1.91. The standard InChI is InChI=1S/C15H20N2O2/c1-11-10-17(15(18)14-7-4-8-19-14)13-6-3-2-5-12(13)9-16-11/h2-3,5-6,11,14,16H,4,7-10H2,1H3/t11?,14-/m0/s1. The number of hydrogen-bond donors (Lipinski definition) is 1. The second-order valence-corrected chi connectivity index (χ2v) is 5.36. The number of fused-ring (bicyclic) bond motifs is 1. The Kier molecular flexibility index (Phi) is 3.53. The van der Waals surface area contributed by atoms with Crippen molar-refractivity contribution in [1.29, 1.82) is 0 Å². The summed E-state index contributed by atoms with van der Waals surface area (Å²) >= 11 is 0. The molecule has 1 aromatic rings. The Morgan fingerprint density at radius 1 is 1.42 bits per heavy atom. The van der Waals surface area contributed by atoms with Gasteiger partial charge in [-0.05, 0) is 31.4 Å². The summed E-state index contributed by atoms with van der Waals surface area (Å²) in [7, 11) is 0. The van der Waals surface area contributed by atoms with Crippen LogP contribution in [-0.4, -0.2) is 31.2 Å². The summed E-state index contributed by atoms with van der Waals surface area (Å²) in [6.45, 7) is 4.34. The van der Waals surface area contributed by atoms with E-state index in [9.17, 15) is 4.79 Å². The summed E-state index contributed by atoms with van der Waals surface area (Å²) in [5.41, 5.74) is 2.21. The van der Waals surface area contributed by atoms with Crippen LogP contribution in [0.25, 0.3) is 0 Å². The van der Waals surface area contributed by atoms with Crippen molar-refractivity contribution in [2.75, 3.05) is 18.1 Å². The molecule has 1 saturated heterocycles. The number of amides is 1. The van der Waals surface area contributed by atoms with Crippen molar-refractivity contribution in [3.05, 3.63) is 29.8 Å². The van der Waals surface area contributed by atoms with Crippen LogP contribution in [0.15, 0.2) is 24.3 Å². The third-order valence-corrected chi connectivity index (χ3v) is 3.85. The van der Waals surface area contributed by atoms with Crippen molar-refractivity contribution >= 4 is 11.6 Å². The fourth-order valence-corrected chi connectivity index (χ4v) is 2.80. The average molecular weight is 260 g/mol. The van der Waals surface area contributed by atoms with Crippen molar-refractivity contribution in [3.8, 4) is 0 Å². The first kappa shape index (κ1) is 12.6. The van der Waals surface area contributed by atoms with E-state index in [2.05, 4.69) is 18.3 Å². The normalized spacial score (nSPS) is 26.9. The second kappa shape index (κ2) is 5.31. The number of nitrogens with one attached hydrogen (secondary N) is 1. The molecule has 1 fully saturated rings. The van der Waals surface area contributed by atoms with Gasteiger partial charge in [0, 0.05) is 31.4 Å². The summed E-state index contributed by atoms with van der Waals surface area (Å²) in [5, 5.41) is 3.44. The van der Waals surface area contributed by atoms with Gasteiger partial charge in [0.2, 0.25) is 0 Å². The molecule has 0 spiro atoms. The molecule has 102 valence electrons. The maximum Gasteiger partial charge on any atom is 0.256 e. The van der Waals surface area contributed by atoms with Crippen molar-refractivity contribution in [2.45, 2.75) is 38.5 Å². The van der Waals surface area contributed by atoms with Crippen LogP contribution in [0, 0.1) is 0 Å². The lowest BCUT2D eigenvalue weighted by atomic mass is 10.1. The zero-order valence-electron chi connectivity index (χ0n) is 11.3. The Morgan fingerprint density at radius 2 is 2.26 bits per heavy atom. The SMILES string of the molecule is CC1CN(C(=O)[C@@H]2CCCO2)c2ccccc2CN1. The first-order valence-electron chi connectivity index (χ1n) is 7.00. The van der Waals surface area contributed by atoms with Gasteiger partial charge in [0.25, 0.3) is 5.91 Å². The number of hydrogen-bond acceptors (Lipinski definition) is 3. The smallest absolute Gasteiger partial charge is 0.256 e. The molecule has 1 amide bonds. The van der Waals surface area contributed by atoms with E-state index in [-0.39, 0.29) is 18.1 Å². The van der Waals surface area contributed by atoms with Gasteiger partial charge in [0.15, 0.2) is 0 Å². The summed E-state index contributed by atoms with van der Waals surface area (Å²) in [6.07, 6.45) is 1.58. The predicted octanol–water partition coefficient (Wildman–Crippen LogP) is 1.69. The number of para-hydroxylation sites is 1. The number of nitrogens with zero attached hydrogens (tertiary/aromatic N) is 1. The molecule has 19 heavy (non-hydrogen) atoms. The minimum atomic E-state index is -0.252. The maximum atomic E-state index is 12.6. The molecule has 4 nitrogen and oxygen atoms in total. The molecule has 0 aromatic heterocycles. The van der Waals surface area contributed by atoms with E-state index in [1.807, 2.05) is 23.1 Å². The Morgan fingerprint density at radius 3 is 3.05 bits per heavy atom. The van der Waals surface area contributed by atoms with Crippen LogP contribution in [0.1, 0.15) is 25.3 Å². The molecule has 1 N–H and O–H groups in total. The predicted molar refractivity (Wildman–Crippen MR) is 74.1 cm³/mol. The number of anilines is 1. The van der Waals surface area contributed by atoms with Crippen molar-refractivity contribution in [1.82, 2.24) is 5.32 Å². The molecule has 0 saturated carbocycles. The molecular formula is C15H20N2O2. The highest BCUT2D eigenvalue weighted by molar-refractivity contribution is 5.97. The van der Waals surface area contributed by atoms with Gasteiger partial charge in [-0.1, -0.05) is 18.2 Å². The first-order valence-corrected chi connectivity index (χ1v) is 7.00. The number of carbonyl (C=O) groups excluding carboxylic acids is 1. The van der Waals surface area contributed by atoms with Crippen LogP contribution >= 0.6 is 0 Å². The van der Waals surface area contributed by atoms with Crippen molar-refractivity contribution in [3.63, 3.8) is 0 Å². The van der Waals surface area contributed by atoms with Crippen molar-refractivity contribution in [2.24, 2.45) is 0 Å². The van der Waals surface area contributed by atoms with E-state index in [0.29, 0.717) is 13.2 Å². The molecule has 0 bridgehead atoms. The number of ether oxygens (including phenoxy) is 1. The van der Waals surface area contributed by atoms with Gasteiger partial charge in [-0.2, -0.15) is 0 Å². The fourth-order valence-electron chi connectivity index (χ4n) is 2.80. The molecule has 1 unspecified atom stereocenters. The van der Waals surface area contributed by atoms with Crippen LogP contribution in [0.5, 0.6) is 0 Å². The third kappa shape index (κ3) is 2.51. The minimum Gasteiger partial charge on any atom is -0.368 e. The van der Waals surface area contributed by atoms with Gasteiger partial charge in [-0.3, -0.25) is 4.79 Å². The summed E-state index contributed by atoms with van der Waals surface area (Å²) in [5.74, 6) is 0.112. The van der Waals surface area contributed by atoms with Gasteiger partial charge >= 0.3 is 0 Å². The molecule has 1 aromatic carbocycles. The highest BCUT2D eigenvalue weighted by atomic mass is 16.5. The lowest BCUT2D eigenvalue weighted by Crippen LogP contribution is -2.44. The van der Waals surface area contributed by atoms with Gasteiger partial charge in [-0.15, -0.1) is 0 Å². The molecule has 4 heteroatoms. The van der Waals surface area contributed by atoms with Crippen molar-refractivity contribution < 1.29 is 9.53 Å². The summed E-state index contributed by atoms with van der Waals surface area (Å²) < 4.78 is 5.55. The van der Waals surface area contributed by atoms with Crippen LogP contribution in [0.3, 0.4) is 0 Å². The fraction of sp³-hybridized carbons (Fsp3) is 0.533. The lowest BCUT2D eigenvalue weighted by molar-refractivity contribution is -0.127. The minimum absolute atomic E-state index is 0.112. The average Bonchev–Trinajstić information content (AvgIpc) is 2.91. The second-order valence-electron chi connectivity index (χ2n) is 5.36. The molecule has 2 atom stereocenters. The Hall–Kier alpha value is -1.39. The molecule has 2 heterocycles. The van der Waals surface area contributed by atoms with Crippen LogP contribution in [0.2, 0.25) is 0 Å². The molecule has 2 aliphatic heterocycles. The zero-order chi connectivity index (χ0) is 13.2. The molecule has 2 aliphatic rings. The van der Waals surface area contributed by atoms with E-state index >= 15 is 0 Å². The zero-order valence-corrected chi connectivity index (χ0v) is 11.3. The summed E-state index contributed by atoms with van der Waals surface area (Å²) in [6, 6.07) is 8.41. The highest BCUT2D eigenvalue weighted by Crippen LogP contribution is 2.26. The van der Waals surface area contributed by atoms with E-state index < -0.39 is 0 Å². The number of rotatable bonds is 1. The maximum absolute atomic E-state index is 12.6. The van der Waals surface area contributed by atoms with E-state index in [1.165, 1.54) is 5.56 Å². The van der Waals surface area contributed by atoms with E-state index in [1.54, 1.807) is 0 Å². The lowest BCUT2D eigenvalue weighted by Gasteiger charge is -2.26. The molecular weight excluding hydrogens is 240 g/mol. The molecule has 0 aliphatic carbocycles. The van der Waals surface area contributed by atoms with Crippen LogP contribution in [-0.2, 0) is 16.1 Å². The van der Waals surface area contributed by atoms with Gasteiger partial charge in [-0.25, -0.2) is 0 Å². The Bertz CT molecular complexity index is 469. The first-order chi connectivity index (χ1) is 9.25.